The van der Waals surface area contributed by atoms with Gasteiger partial charge in [-0.15, -0.1) is 0 Å². The van der Waals surface area contributed by atoms with Crippen LogP contribution in [0.15, 0.2) is 53.4 Å². The van der Waals surface area contributed by atoms with Crippen molar-refractivity contribution in [2.24, 2.45) is 5.92 Å². The van der Waals surface area contributed by atoms with E-state index in [9.17, 15) is 26.4 Å². The van der Waals surface area contributed by atoms with Crippen molar-refractivity contribution >= 4 is 43.3 Å². The van der Waals surface area contributed by atoms with E-state index in [4.69, 9.17) is 0 Å². The molecule has 1 fully saturated rings. The Morgan fingerprint density at radius 1 is 1.10 bits per heavy atom. The standard InChI is InChI=1S/C18H18N2O7S2/c1-12-11-28(23,24)20(17(12)21)15-7-9-16(10-8-15)29(25,26)19-14-5-3-13(4-6-14)18(22)27-2/h3-10,12,19H,11H2,1-2H3/t12-/m1/s1. The van der Waals surface area contributed by atoms with E-state index >= 15 is 0 Å². The Bertz CT molecular complexity index is 1160. The van der Waals surface area contributed by atoms with Gasteiger partial charge in [0, 0.05) is 5.69 Å². The van der Waals surface area contributed by atoms with Crippen LogP contribution in [0, 0.1) is 5.92 Å². The normalized spacial score (nSPS) is 18.5. The van der Waals surface area contributed by atoms with Gasteiger partial charge in [-0.2, -0.15) is 0 Å². The third kappa shape index (κ3) is 4.10. The Balaban J connectivity index is 1.82. The molecule has 9 nitrogen and oxygen atoms in total. The van der Waals surface area contributed by atoms with E-state index < -0.39 is 37.8 Å². The summed E-state index contributed by atoms with van der Waals surface area (Å²) in [5.41, 5.74) is 0.583. The SMILES string of the molecule is COC(=O)c1ccc(NS(=O)(=O)c2ccc(N3C(=O)[C@H](C)CS3(=O)=O)cc2)cc1. The molecule has 1 heterocycles. The highest BCUT2D eigenvalue weighted by Crippen LogP contribution is 2.29. The summed E-state index contributed by atoms with van der Waals surface area (Å²) in [6.07, 6.45) is 0. The highest BCUT2D eigenvalue weighted by molar-refractivity contribution is 7.94. The number of nitrogens with one attached hydrogen (secondary N) is 1. The van der Waals surface area contributed by atoms with Crippen LogP contribution in [0.2, 0.25) is 0 Å². The van der Waals surface area contributed by atoms with Crippen LogP contribution in [0.5, 0.6) is 0 Å². The van der Waals surface area contributed by atoms with Crippen LogP contribution in [-0.4, -0.2) is 41.6 Å². The quantitative estimate of drug-likeness (QED) is 0.702. The first-order chi connectivity index (χ1) is 13.5. The lowest BCUT2D eigenvalue weighted by molar-refractivity contribution is -0.119. The zero-order chi connectivity index (χ0) is 21.4. The van der Waals surface area contributed by atoms with Gasteiger partial charge in [0.1, 0.15) is 0 Å². The molecular weight excluding hydrogens is 420 g/mol. The summed E-state index contributed by atoms with van der Waals surface area (Å²) < 4.78 is 57.0. The van der Waals surface area contributed by atoms with Gasteiger partial charge in [-0.1, -0.05) is 6.92 Å². The Morgan fingerprint density at radius 2 is 1.69 bits per heavy atom. The lowest BCUT2D eigenvalue weighted by Gasteiger charge is -2.16. The molecule has 1 aliphatic rings. The summed E-state index contributed by atoms with van der Waals surface area (Å²) in [6, 6.07) is 10.6. The van der Waals surface area contributed by atoms with Crippen molar-refractivity contribution in [3.05, 3.63) is 54.1 Å². The fraction of sp³-hybridized carbons (Fsp3) is 0.222. The van der Waals surface area contributed by atoms with E-state index in [2.05, 4.69) is 9.46 Å². The Kier molecular flexibility index (Phi) is 5.37. The van der Waals surface area contributed by atoms with Gasteiger partial charge in [0.2, 0.25) is 15.9 Å². The zero-order valence-corrected chi connectivity index (χ0v) is 17.2. The lowest BCUT2D eigenvalue weighted by Crippen LogP contribution is -2.30. The summed E-state index contributed by atoms with van der Waals surface area (Å²) >= 11 is 0. The molecule has 0 unspecified atom stereocenters. The Hall–Kier alpha value is -2.92. The summed E-state index contributed by atoms with van der Waals surface area (Å²) in [7, 11) is -6.49. The molecule has 0 aliphatic carbocycles. The van der Waals surface area contributed by atoms with E-state index in [0.717, 1.165) is 0 Å². The van der Waals surface area contributed by atoms with Crippen LogP contribution in [0.3, 0.4) is 0 Å². The van der Waals surface area contributed by atoms with Gasteiger partial charge in [-0.3, -0.25) is 9.52 Å². The number of carbonyl (C=O) groups is 2. The van der Waals surface area contributed by atoms with Gasteiger partial charge >= 0.3 is 5.97 Å². The number of ether oxygens (including phenoxy) is 1. The molecule has 2 aromatic carbocycles. The number of carbonyl (C=O) groups excluding carboxylic acids is 2. The summed E-state index contributed by atoms with van der Waals surface area (Å²) in [4.78, 5) is 23.4. The molecule has 3 rings (SSSR count). The number of hydrogen-bond acceptors (Lipinski definition) is 7. The maximum atomic E-state index is 12.6. The number of anilines is 2. The van der Waals surface area contributed by atoms with Gasteiger partial charge in [0.15, 0.2) is 0 Å². The van der Waals surface area contributed by atoms with E-state index in [0.29, 0.717) is 4.31 Å². The maximum absolute atomic E-state index is 12.6. The Labute approximate surface area is 168 Å². The topological polar surface area (TPSA) is 127 Å². The minimum absolute atomic E-state index is 0.0840. The number of amides is 1. The lowest BCUT2D eigenvalue weighted by atomic mass is 10.2. The second-order valence-corrected chi connectivity index (χ2v) is 10.00. The average Bonchev–Trinajstić information content (AvgIpc) is 2.88. The molecule has 29 heavy (non-hydrogen) atoms. The molecule has 1 amide bonds. The summed E-state index contributed by atoms with van der Waals surface area (Å²) in [5.74, 6) is -2.03. The number of rotatable bonds is 5. The predicted molar refractivity (Wildman–Crippen MR) is 105 cm³/mol. The molecule has 1 atom stereocenters. The van der Waals surface area contributed by atoms with Gasteiger partial charge in [-0.05, 0) is 48.5 Å². The fourth-order valence-electron chi connectivity index (χ4n) is 2.85. The van der Waals surface area contributed by atoms with Crippen molar-refractivity contribution in [2.45, 2.75) is 11.8 Å². The molecule has 2 aromatic rings. The molecule has 1 aliphatic heterocycles. The summed E-state index contributed by atoms with van der Waals surface area (Å²) in [5, 5.41) is 0. The van der Waals surface area contributed by atoms with Crippen LogP contribution in [0.25, 0.3) is 0 Å². The van der Waals surface area contributed by atoms with Gasteiger partial charge < -0.3 is 4.74 Å². The fourth-order valence-corrected chi connectivity index (χ4v) is 5.73. The highest BCUT2D eigenvalue weighted by atomic mass is 32.2. The van der Waals surface area contributed by atoms with Crippen LogP contribution in [0.4, 0.5) is 11.4 Å². The largest absolute Gasteiger partial charge is 0.465 e. The number of esters is 1. The van der Waals surface area contributed by atoms with Gasteiger partial charge in [0.25, 0.3) is 10.0 Å². The van der Waals surface area contributed by atoms with Gasteiger partial charge in [-0.25, -0.2) is 25.9 Å². The van der Waals surface area contributed by atoms with E-state index in [1.807, 2.05) is 0 Å². The van der Waals surface area contributed by atoms with Crippen molar-refractivity contribution in [2.75, 3.05) is 21.9 Å². The molecule has 0 spiro atoms. The van der Waals surface area contributed by atoms with Crippen LogP contribution >= 0.6 is 0 Å². The maximum Gasteiger partial charge on any atom is 0.337 e. The van der Waals surface area contributed by atoms with Crippen molar-refractivity contribution in [1.82, 2.24) is 0 Å². The molecule has 11 heteroatoms. The first-order valence-corrected chi connectivity index (χ1v) is 11.5. The number of sulfonamides is 2. The molecule has 154 valence electrons. The number of methoxy groups -OCH3 is 1. The number of benzene rings is 2. The van der Waals surface area contributed by atoms with Crippen molar-refractivity contribution < 1.29 is 31.2 Å². The van der Waals surface area contributed by atoms with Gasteiger partial charge in [0.05, 0.1) is 34.9 Å². The highest BCUT2D eigenvalue weighted by Gasteiger charge is 2.41. The first kappa shape index (κ1) is 20.8. The van der Waals surface area contributed by atoms with E-state index in [1.165, 1.54) is 62.6 Å². The van der Waals surface area contributed by atoms with Crippen molar-refractivity contribution in [3.8, 4) is 0 Å². The first-order valence-electron chi connectivity index (χ1n) is 8.43. The summed E-state index contributed by atoms with van der Waals surface area (Å²) in [6.45, 7) is 1.52. The monoisotopic (exact) mass is 438 g/mol. The zero-order valence-electron chi connectivity index (χ0n) is 15.5. The molecule has 1 N–H and O–H groups in total. The van der Waals surface area contributed by atoms with Crippen LogP contribution in [0.1, 0.15) is 17.3 Å². The average molecular weight is 438 g/mol. The molecular formula is C18H18N2O7S2. The third-order valence-electron chi connectivity index (χ3n) is 4.30. The van der Waals surface area contributed by atoms with Crippen LogP contribution in [-0.2, 0) is 29.6 Å². The molecule has 0 radical (unpaired) electrons. The number of nitrogens with zero attached hydrogens (tertiary/aromatic N) is 1. The minimum atomic E-state index is -3.96. The second kappa shape index (κ2) is 7.48. The second-order valence-electron chi connectivity index (χ2n) is 6.45. The molecule has 1 saturated heterocycles. The van der Waals surface area contributed by atoms with Crippen LogP contribution < -0.4 is 9.03 Å². The van der Waals surface area contributed by atoms with Crippen molar-refractivity contribution in [1.29, 1.82) is 0 Å². The van der Waals surface area contributed by atoms with Crippen molar-refractivity contribution in [3.63, 3.8) is 0 Å². The molecule has 0 bridgehead atoms. The number of hydrogen-bond donors (Lipinski definition) is 1. The third-order valence-corrected chi connectivity index (χ3v) is 7.57. The minimum Gasteiger partial charge on any atom is -0.465 e. The molecule has 0 aromatic heterocycles. The van der Waals surface area contributed by atoms with E-state index in [1.54, 1.807) is 0 Å². The van der Waals surface area contributed by atoms with E-state index in [-0.39, 0.29) is 27.6 Å². The Morgan fingerprint density at radius 3 is 2.17 bits per heavy atom. The smallest absolute Gasteiger partial charge is 0.337 e. The molecule has 0 saturated carbocycles. The predicted octanol–water partition coefficient (Wildman–Crippen LogP) is 1.59.